The lowest BCUT2D eigenvalue weighted by molar-refractivity contribution is -0.167. The van der Waals surface area contributed by atoms with Crippen LogP contribution in [0.3, 0.4) is 0 Å². The van der Waals surface area contributed by atoms with Crippen LogP contribution in [0.5, 0.6) is 0 Å². The largest absolute Gasteiger partial charge is 0.462 e. The van der Waals surface area contributed by atoms with Crippen molar-refractivity contribution in [1.82, 2.24) is 0 Å². The maximum Gasteiger partial charge on any atom is 0.306 e. The SMILES string of the molecule is CC/C=C\C/C=C\C/C=C\C/C=C\CCCCCCC(=O)OCC(COC(=O)CCCCCC/C=C\C/C=C\C/C=C\C/C=C\CC)OC(=O)CCCCCCC/C=C\CCCCCCCC. The lowest BCUT2D eigenvalue weighted by atomic mass is 10.1. The third-order valence-corrected chi connectivity index (χ3v) is 11.2. The second kappa shape index (κ2) is 54.7. The van der Waals surface area contributed by atoms with Gasteiger partial charge in [-0.1, -0.05) is 207 Å². The molecule has 6 heteroatoms. The summed E-state index contributed by atoms with van der Waals surface area (Å²) in [6, 6.07) is 0. The number of hydrogen-bond donors (Lipinski definition) is 0. The molecule has 0 fully saturated rings. The van der Waals surface area contributed by atoms with Gasteiger partial charge < -0.3 is 14.2 Å². The van der Waals surface area contributed by atoms with Crippen molar-refractivity contribution in [2.45, 2.75) is 245 Å². The van der Waals surface area contributed by atoms with Crippen molar-refractivity contribution in [3.63, 3.8) is 0 Å². The standard InChI is InChI=1S/C61H100O6/c1-4-7-10-13-16-19-22-25-28-30-33-35-38-41-44-47-50-53-59(62)65-56-58(67-61(64)55-52-49-46-43-40-37-32-27-24-21-18-15-12-9-6-3)57-66-60(63)54-51-48-45-42-39-36-34-31-29-26-23-20-17-14-11-8-5-2/h7-8,10-11,16-17,19-20,25-29,32-36,58H,4-6,9,12-15,18,21-24,30-31,37-57H2,1-3H3/b10-7-,11-8-,19-16-,20-17-,28-25-,29-26-,32-27-,35-33-,36-34-. The quantitative estimate of drug-likeness (QED) is 0.0262. The second-order valence-corrected chi connectivity index (χ2v) is 17.7. The third-order valence-electron chi connectivity index (χ3n) is 11.2. The van der Waals surface area contributed by atoms with Crippen LogP contribution in [0.1, 0.15) is 239 Å². The van der Waals surface area contributed by atoms with E-state index in [4.69, 9.17) is 14.2 Å². The van der Waals surface area contributed by atoms with Gasteiger partial charge in [0.15, 0.2) is 6.10 Å². The molecule has 0 aromatic rings. The van der Waals surface area contributed by atoms with Crippen LogP contribution in [0.15, 0.2) is 109 Å². The first-order chi connectivity index (χ1) is 33.0. The molecular weight excluding hydrogens is 829 g/mol. The van der Waals surface area contributed by atoms with Crippen LogP contribution in [0.25, 0.3) is 0 Å². The number of rotatable bonds is 48. The Kier molecular flexibility index (Phi) is 51.5. The number of unbranched alkanes of at least 4 members (excludes halogenated alkanes) is 19. The molecule has 0 saturated carbocycles. The van der Waals surface area contributed by atoms with Crippen molar-refractivity contribution in [2.24, 2.45) is 0 Å². The van der Waals surface area contributed by atoms with Gasteiger partial charge >= 0.3 is 17.9 Å². The zero-order chi connectivity index (χ0) is 48.6. The van der Waals surface area contributed by atoms with Gasteiger partial charge in [-0.3, -0.25) is 14.4 Å². The smallest absolute Gasteiger partial charge is 0.306 e. The van der Waals surface area contributed by atoms with Crippen LogP contribution in [-0.2, 0) is 28.6 Å². The number of ether oxygens (including phenoxy) is 3. The second-order valence-electron chi connectivity index (χ2n) is 17.7. The Morgan fingerprint density at radius 2 is 0.582 bits per heavy atom. The molecule has 380 valence electrons. The van der Waals surface area contributed by atoms with Crippen LogP contribution >= 0.6 is 0 Å². The average Bonchev–Trinajstić information content (AvgIpc) is 3.33. The van der Waals surface area contributed by atoms with E-state index in [1.54, 1.807) is 0 Å². The molecule has 0 unspecified atom stereocenters. The highest BCUT2D eigenvalue weighted by molar-refractivity contribution is 5.71. The van der Waals surface area contributed by atoms with Crippen molar-refractivity contribution < 1.29 is 28.6 Å². The summed E-state index contributed by atoms with van der Waals surface area (Å²) in [5.41, 5.74) is 0. The molecule has 0 aliphatic carbocycles. The lowest BCUT2D eigenvalue weighted by Crippen LogP contribution is -2.30. The molecule has 0 aromatic heterocycles. The van der Waals surface area contributed by atoms with E-state index in [1.807, 2.05) is 0 Å². The van der Waals surface area contributed by atoms with E-state index in [-0.39, 0.29) is 31.1 Å². The maximum atomic E-state index is 12.8. The highest BCUT2D eigenvalue weighted by atomic mass is 16.6. The fourth-order valence-electron chi connectivity index (χ4n) is 7.18. The van der Waals surface area contributed by atoms with Gasteiger partial charge in [-0.15, -0.1) is 0 Å². The first-order valence-corrected chi connectivity index (χ1v) is 27.4. The van der Waals surface area contributed by atoms with Crippen molar-refractivity contribution in [1.29, 1.82) is 0 Å². The third kappa shape index (κ3) is 52.9. The maximum absolute atomic E-state index is 12.8. The Morgan fingerprint density at radius 3 is 0.925 bits per heavy atom. The Morgan fingerprint density at radius 1 is 0.313 bits per heavy atom. The lowest BCUT2D eigenvalue weighted by Gasteiger charge is -2.18. The van der Waals surface area contributed by atoms with Crippen LogP contribution in [-0.4, -0.2) is 37.2 Å². The highest BCUT2D eigenvalue weighted by Crippen LogP contribution is 2.13. The molecule has 0 heterocycles. The molecule has 0 saturated heterocycles. The van der Waals surface area contributed by atoms with E-state index >= 15 is 0 Å². The molecule has 6 nitrogen and oxygen atoms in total. The zero-order valence-corrected chi connectivity index (χ0v) is 43.4. The summed E-state index contributed by atoms with van der Waals surface area (Å²) in [7, 11) is 0. The first-order valence-electron chi connectivity index (χ1n) is 27.4. The summed E-state index contributed by atoms with van der Waals surface area (Å²) in [6.45, 7) is 6.35. The van der Waals surface area contributed by atoms with Gasteiger partial charge in [-0.25, -0.2) is 0 Å². The van der Waals surface area contributed by atoms with E-state index < -0.39 is 6.10 Å². The minimum Gasteiger partial charge on any atom is -0.462 e. The number of allylic oxidation sites excluding steroid dienone is 18. The van der Waals surface area contributed by atoms with Crippen LogP contribution in [0.2, 0.25) is 0 Å². The Hall–Kier alpha value is -3.93. The molecule has 0 rings (SSSR count). The van der Waals surface area contributed by atoms with Gasteiger partial charge in [0.05, 0.1) is 0 Å². The number of carbonyl (C=O) groups is 3. The summed E-state index contributed by atoms with van der Waals surface area (Å²) in [5, 5.41) is 0. The molecule has 0 aliphatic rings. The number of hydrogen-bond acceptors (Lipinski definition) is 6. The summed E-state index contributed by atoms with van der Waals surface area (Å²) < 4.78 is 16.8. The normalized spacial score (nSPS) is 12.5. The molecule has 0 bridgehead atoms. The molecule has 0 atom stereocenters. The van der Waals surface area contributed by atoms with Gasteiger partial charge in [0.2, 0.25) is 0 Å². The minimum absolute atomic E-state index is 0.104. The monoisotopic (exact) mass is 929 g/mol. The summed E-state index contributed by atoms with van der Waals surface area (Å²) in [5.74, 6) is -0.959. The van der Waals surface area contributed by atoms with Crippen LogP contribution in [0.4, 0.5) is 0 Å². The fourth-order valence-corrected chi connectivity index (χ4v) is 7.18. The van der Waals surface area contributed by atoms with Crippen molar-refractivity contribution in [2.75, 3.05) is 13.2 Å². The topological polar surface area (TPSA) is 78.9 Å². The molecule has 0 aromatic carbocycles. The van der Waals surface area contributed by atoms with E-state index in [9.17, 15) is 14.4 Å². The molecule has 0 aliphatic heterocycles. The summed E-state index contributed by atoms with van der Waals surface area (Å²) in [6.07, 6.45) is 73.5. The van der Waals surface area contributed by atoms with Crippen molar-refractivity contribution in [3.05, 3.63) is 109 Å². The van der Waals surface area contributed by atoms with Crippen molar-refractivity contribution in [3.8, 4) is 0 Å². The molecule has 0 radical (unpaired) electrons. The van der Waals surface area contributed by atoms with E-state index in [0.29, 0.717) is 19.3 Å². The first kappa shape index (κ1) is 63.1. The van der Waals surface area contributed by atoms with Gasteiger partial charge in [-0.05, 0) is 122 Å². The van der Waals surface area contributed by atoms with Gasteiger partial charge in [0.1, 0.15) is 13.2 Å². The molecule has 0 spiro atoms. The molecule has 67 heavy (non-hydrogen) atoms. The minimum atomic E-state index is -0.805. The fraction of sp³-hybridized carbons (Fsp3) is 0.656. The Balaban J connectivity index is 4.50. The van der Waals surface area contributed by atoms with Gasteiger partial charge in [-0.2, -0.15) is 0 Å². The Labute approximate surface area is 412 Å². The number of carbonyl (C=O) groups excluding carboxylic acids is 3. The van der Waals surface area contributed by atoms with E-state index in [0.717, 1.165) is 148 Å². The van der Waals surface area contributed by atoms with Crippen LogP contribution < -0.4 is 0 Å². The average molecular weight is 929 g/mol. The highest BCUT2D eigenvalue weighted by Gasteiger charge is 2.19. The van der Waals surface area contributed by atoms with Crippen LogP contribution in [0, 0.1) is 0 Å². The van der Waals surface area contributed by atoms with Gasteiger partial charge in [0.25, 0.3) is 0 Å². The molecular formula is C61H100O6. The Bertz CT molecular complexity index is 1310. The predicted molar refractivity (Wildman–Crippen MR) is 288 cm³/mol. The van der Waals surface area contributed by atoms with E-state index in [1.165, 1.54) is 51.4 Å². The predicted octanol–water partition coefficient (Wildman–Crippen LogP) is 18.3. The summed E-state index contributed by atoms with van der Waals surface area (Å²) in [4.78, 5) is 38.1. The summed E-state index contributed by atoms with van der Waals surface area (Å²) >= 11 is 0. The van der Waals surface area contributed by atoms with Gasteiger partial charge in [0, 0.05) is 19.3 Å². The molecule has 0 amide bonds. The number of esters is 3. The van der Waals surface area contributed by atoms with Crippen molar-refractivity contribution >= 4 is 17.9 Å². The zero-order valence-electron chi connectivity index (χ0n) is 43.4. The molecule has 0 N–H and O–H groups in total. The van der Waals surface area contributed by atoms with E-state index in [2.05, 4.69) is 130 Å².